The maximum absolute atomic E-state index is 12.9. The van der Waals surface area contributed by atoms with Gasteiger partial charge in [-0.1, -0.05) is 56.3 Å². The van der Waals surface area contributed by atoms with Gasteiger partial charge in [0.1, 0.15) is 11.4 Å². The van der Waals surface area contributed by atoms with Crippen LogP contribution in [0.3, 0.4) is 0 Å². The number of hydrogen-bond donors (Lipinski definition) is 1. The maximum atomic E-state index is 12.9. The van der Waals surface area contributed by atoms with Crippen molar-refractivity contribution in [2.24, 2.45) is 5.92 Å². The molecule has 2 aromatic carbocycles. The van der Waals surface area contributed by atoms with Crippen LogP contribution in [0, 0.1) is 5.92 Å². The minimum Gasteiger partial charge on any atom is -0.497 e. The molecule has 1 atom stereocenters. The Hall–Kier alpha value is -3.41. The average Bonchev–Trinajstić information content (AvgIpc) is 2.74. The second-order valence-electron chi connectivity index (χ2n) is 7.17. The summed E-state index contributed by atoms with van der Waals surface area (Å²) in [5, 5.41) is 7.31. The first-order valence-corrected chi connectivity index (χ1v) is 9.55. The topological polar surface area (TPSA) is 73.2 Å². The minimum atomic E-state index is -0.318. The van der Waals surface area contributed by atoms with Gasteiger partial charge in [-0.3, -0.25) is 9.59 Å². The standard InChI is InChI=1S/C23H25N3O3/c1-16(2)22(18-9-11-19(29-3)12-10-18)24-23(28)20-13-14-21(27)26(25-20)15-17-7-5-4-6-8-17/h4-14,16,22H,15H2,1-3H3,(H,24,28). The zero-order chi connectivity index (χ0) is 20.8. The van der Waals surface area contributed by atoms with E-state index in [9.17, 15) is 9.59 Å². The van der Waals surface area contributed by atoms with Crippen molar-refractivity contribution >= 4 is 5.91 Å². The Morgan fingerprint density at radius 3 is 2.34 bits per heavy atom. The highest BCUT2D eigenvalue weighted by Gasteiger charge is 2.20. The van der Waals surface area contributed by atoms with E-state index >= 15 is 0 Å². The number of nitrogens with one attached hydrogen (secondary N) is 1. The van der Waals surface area contributed by atoms with Crippen LogP contribution in [-0.2, 0) is 6.54 Å². The Labute approximate surface area is 170 Å². The molecule has 0 fully saturated rings. The SMILES string of the molecule is COc1ccc(C(NC(=O)c2ccc(=O)n(Cc3ccccc3)n2)C(C)C)cc1. The quantitative estimate of drug-likeness (QED) is 0.670. The summed E-state index contributed by atoms with van der Waals surface area (Å²) >= 11 is 0. The largest absolute Gasteiger partial charge is 0.497 e. The predicted molar refractivity (Wildman–Crippen MR) is 112 cm³/mol. The smallest absolute Gasteiger partial charge is 0.272 e. The third kappa shape index (κ3) is 5.10. The minimum absolute atomic E-state index is 0.169. The zero-order valence-electron chi connectivity index (χ0n) is 16.8. The van der Waals surface area contributed by atoms with Crippen molar-refractivity contribution < 1.29 is 9.53 Å². The number of ether oxygens (including phenoxy) is 1. The normalized spacial score (nSPS) is 11.9. The molecule has 3 aromatic rings. The lowest BCUT2D eigenvalue weighted by Gasteiger charge is -2.23. The van der Waals surface area contributed by atoms with Gasteiger partial charge in [-0.2, -0.15) is 5.10 Å². The molecule has 0 radical (unpaired) electrons. The fraction of sp³-hybridized carbons (Fsp3) is 0.261. The first kappa shape index (κ1) is 20.3. The highest BCUT2D eigenvalue weighted by Crippen LogP contribution is 2.24. The van der Waals surface area contributed by atoms with E-state index in [2.05, 4.69) is 10.4 Å². The molecule has 1 heterocycles. The first-order valence-electron chi connectivity index (χ1n) is 9.55. The van der Waals surface area contributed by atoms with Crippen LogP contribution >= 0.6 is 0 Å². The second kappa shape index (κ2) is 9.19. The van der Waals surface area contributed by atoms with E-state index in [-0.39, 0.29) is 29.1 Å². The molecule has 29 heavy (non-hydrogen) atoms. The molecule has 0 saturated heterocycles. The van der Waals surface area contributed by atoms with Gasteiger partial charge in [0, 0.05) is 6.07 Å². The van der Waals surface area contributed by atoms with Crippen molar-refractivity contribution in [1.82, 2.24) is 15.1 Å². The van der Waals surface area contributed by atoms with Crippen LogP contribution in [0.5, 0.6) is 5.75 Å². The van der Waals surface area contributed by atoms with E-state index in [0.29, 0.717) is 6.54 Å². The van der Waals surface area contributed by atoms with Gasteiger partial charge in [0.25, 0.3) is 11.5 Å². The van der Waals surface area contributed by atoms with Gasteiger partial charge in [-0.25, -0.2) is 4.68 Å². The van der Waals surface area contributed by atoms with Crippen LogP contribution in [0.15, 0.2) is 71.5 Å². The van der Waals surface area contributed by atoms with Crippen molar-refractivity contribution in [1.29, 1.82) is 0 Å². The van der Waals surface area contributed by atoms with Gasteiger partial charge in [0.05, 0.1) is 19.7 Å². The van der Waals surface area contributed by atoms with Gasteiger partial charge in [-0.05, 0) is 35.2 Å². The third-order valence-electron chi connectivity index (χ3n) is 4.70. The van der Waals surface area contributed by atoms with Gasteiger partial charge >= 0.3 is 0 Å². The molecule has 0 aliphatic heterocycles. The molecule has 1 N–H and O–H groups in total. The predicted octanol–water partition coefficient (Wildman–Crippen LogP) is 3.43. The fourth-order valence-corrected chi connectivity index (χ4v) is 3.10. The Bertz CT molecular complexity index is 1010. The number of benzene rings is 2. The summed E-state index contributed by atoms with van der Waals surface area (Å²) in [5.41, 5.74) is 1.88. The monoisotopic (exact) mass is 391 g/mol. The van der Waals surface area contributed by atoms with Crippen molar-refractivity contribution in [2.45, 2.75) is 26.4 Å². The molecule has 0 bridgehead atoms. The molecular formula is C23H25N3O3. The Morgan fingerprint density at radius 2 is 1.72 bits per heavy atom. The Morgan fingerprint density at radius 1 is 1.03 bits per heavy atom. The fourth-order valence-electron chi connectivity index (χ4n) is 3.10. The van der Waals surface area contributed by atoms with E-state index in [1.54, 1.807) is 7.11 Å². The molecule has 1 unspecified atom stereocenters. The van der Waals surface area contributed by atoms with Crippen LogP contribution in [0.4, 0.5) is 0 Å². The van der Waals surface area contributed by atoms with Gasteiger partial charge in [0.15, 0.2) is 0 Å². The van der Waals surface area contributed by atoms with E-state index < -0.39 is 0 Å². The van der Waals surface area contributed by atoms with E-state index in [1.165, 1.54) is 16.8 Å². The summed E-state index contributed by atoms with van der Waals surface area (Å²) in [6.45, 7) is 4.39. The van der Waals surface area contributed by atoms with Crippen molar-refractivity contribution in [3.63, 3.8) is 0 Å². The number of methoxy groups -OCH3 is 1. The number of aromatic nitrogens is 2. The van der Waals surface area contributed by atoms with Gasteiger partial charge < -0.3 is 10.1 Å². The molecular weight excluding hydrogens is 366 g/mol. The first-order chi connectivity index (χ1) is 14.0. The lowest BCUT2D eigenvalue weighted by molar-refractivity contribution is 0.0918. The molecule has 6 heteroatoms. The molecule has 3 rings (SSSR count). The Kier molecular flexibility index (Phi) is 6.44. The van der Waals surface area contributed by atoms with E-state index in [4.69, 9.17) is 4.74 Å². The molecule has 0 aliphatic rings. The van der Waals surface area contributed by atoms with E-state index in [1.807, 2.05) is 68.4 Å². The molecule has 150 valence electrons. The summed E-state index contributed by atoms with van der Waals surface area (Å²) in [6.07, 6.45) is 0. The molecule has 1 aromatic heterocycles. The number of amides is 1. The summed E-state index contributed by atoms with van der Waals surface area (Å²) in [4.78, 5) is 25.0. The number of carbonyl (C=O) groups excluding carboxylic acids is 1. The number of nitrogens with zero attached hydrogens (tertiary/aromatic N) is 2. The number of hydrogen-bond acceptors (Lipinski definition) is 4. The lowest BCUT2D eigenvalue weighted by Crippen LogP contribution is -2.34. The summed E-state index contributed by atoms with van der Waals surface area (Å²) < 4.78 is 6.51. The van der Waals surface area contributed by atoms with Gasteiger partial charge in [-0.15, -0.1) is 0 Å². The average molecular weight is 391 g/mol. The molecule has 6 nitrogen and oxygen atoms in total. The highest BCUT2D eigenvalue weighted by molar-refractivity contribution is 5.92. The van der Waals surface area contributed by atoms with Crippen LogP contribution in [0.25, 0.3) is 0 Å². The molecule has 0 aliphatic carbocycles. The van der Waals surface area contributed by atoms with Crippen LogP contribution in [-0.4, -0.2) is 22.8 Å². The second-order valence-corrected chi connectivity index (χ2v) is 7.17. The lowest BCUT2D eigenvalue weighted by atomic mass is 9.96. The van der Waals surface area contributed by atoms with Crippen LogP contribution in [0.2, 0.25) is 0 Å². The van der Waals surface area contributed by atoms with Crippen molar-refractivity contribution in [3.8, 4) is 5.75 Å². The summed E-state index contributed by atoms with van der Waals surface area (Å²) in [5.74, 6) is 0.612. The highest BCUT2D eigenvalue weighted by atomic mass is 16.5. The number of carbonyl (C=O) groups is 1. The summed E-state index contributed by atoms with van der Waals surface area (Å²) in [7, 11) is 1.62. The maximum Gasteiger partial charge on any atom is 0.272 e. The summed E-state index contributed by atoms with van der Waals surface area (Å²) in [6, 6.07) is 19.8. The van der Waals surface area contributed by atoms with E-state index in [0.717, 1.165) is 16.9 Å². The third-order valence-corrected chi connectivity index (χ3v) is 4.70. The number of rotatable bonds is 7. The Balaban J connectivity index is 1.81. The van der Waals surface area contributed by atoms with Crippen molar-refractivity contribution in [2.75, 3.05) is 7.11 Å². The van der Waals surface area contributed by atoms with Crippen molar-refractivity contribution in [3.05, 3.63) is 93.9 Å². The molecule has 0 spiro atoms. The van der Waals surface area contributed by atoms with Gasteiger partial charge in [0.2, 0.25) is 0 Å². The molecule has 1 amide bonds. The zero-order valence-corrected chi connectivity index (χ0v) is 16.8. The van der Waals surface area contributed by atoms with Crippen LogP contribution < -0.4 is 15.6 Å². The molecule has 0 saturated carbocycles. The van der Waals surface area contributed by atoms with Crippen LogP contribution in [0.1, 0.15) is 41.5 Å².